The second-order valence-corrected chi connectivity index (χ2v) is 4.49. The maximum absolute atomic E-state index is 11.4. The fourth-order valence-electron chi connectivity index (χ4n) is 1.11. The second-order valence-electron chi connectivity index (χ2n) is 3.46. The van der Waals surface area contributed by atoms with Crippen molar-refractivity contribution in [3.8, 4) is 11.8 Å². The number of unbranched alkanes of at least 4 members (excludes halogenated alkanes) is 1. The minimum Gasteiger partial charge on any atom is -0.395 e. The van der Waals surface area contributed by atoms with E-state index >= 15 is 0 Å². The Morgan fingerprint density at radius 3 is 3.18 bits per heavy atom. The molecule has 0 aliphatic carbocycles. The molecule has 0 fully saturated rings. The van der Waals surface area contributed by atoms with Crippen LogP contribution in [0.5, 0.6) is 0 Å². The van der Waals surface area contributed by atoms with Crippen molar-refractivity contribution >= 4 is 22.4 Å². The number of carbonyl (C=O) groups excluding carboxylic acids is 1. The van der Waals surface area contributed by atoms with Gasteiger partial charge in [-0.25, -0.2) is 4.98 Å². The third kappa shape index (κ3) is 5.48. The van der Waals surface area contributed by atoms with Gasteiger partial charge >= 0.3 is 0 Å². The number of aliphatic hydroxyl groups is 1. The van der Waals surface area contributed by atoms with Crippen LogP contribution in [0.3, 0.4) is 0 Å². The molecule has 0 aliphatic heterocycles. The Morgan fingerprint density at radius 2 is 2.47 bits per heavy atom. The van der Waals surface area contributed by atoms with Crippen molar-refractivity contribution in [1.29, 1.82) is 0 Å². The summed E-state index contributed by atoms with van der Waals surface area (Å²) in [7, 11) is 0. The summed E-state index contributed by atoms with van der Waals surface area (Å²) in [5.41, 5.74) is 0. The molecule has 0 saturated carbocycles. The first-order valence-electron chi connectivity index (χ1n) is 5.61. The molecule has 1 aromatic heterocycles. The van der Waals surface area contributed by atoms with Crippen LogP contribution in [0, 0.1) is 11.8 Å². The minimum atomic E-state index is -0.00364. The van der Waals surface area contributed by atoms with Gasteiger partial charge in [-0.15, -0.1) is 0 Å². The molecule has 0 aromatic carbocycles. The molecule has 1 rings (SSSR count). The number of amides is 1. The summed E-state index contributed by atoms with van der Waals surface area (Å²) in [4.78, 5) is 16.3. The molecular formula is C12H16N2O2S. The van der Waals surface area contributed by atoms with E-state index in [4.69, 9.17) is 5.11 Å². The van der Waals surface area contributed by atoms with Crippen molar-refractivity contribution in [2.75, 3.05) is 11.9 Å². The van der Waals surface area contributed by atoms with Gasteiger partial charge in [0.25, 0.3) is 0 Å². The van der Waals surface area contributed by atoms with E-state index in [0.717, 1.165) is 17.7 Å². The number of thiazole rings is 1. The Labute approximate surface area is 105 Å². The highest BCUT2D eigenvalue weighted by Crippen LogP contribution is 2.17. The average Bonchev–Trinajstić information content (AvgIpc) is 2.74. The fraction of sp³-hybridized carbons (Fsp3) is 0.500. The van der Waals surface area contributed by atoms with Gasteiger partial charge in [-0.3, -0.25) is 4.79 Å². The number of rotatable bonds is 5. The smallest absolute Gasteiger partial charge is 0.226 e. The molecule has 0 spiro atoms. The summed E-state index contributed by atoms with van der Waals surface area (Å²) < 4.78 is 0. The molecule has 17 heavy (non-hydrogen) atoms. The normalized spacial score (nSPS) is 9.53. The first kappa shape index (κ1) is 13.7. The molecule has 0 aliphatic rings. The van der Waals surface area contributed by atoms with E-state index in [9.17, 15) is 4.79 Å². The van der Waals surface area contributed by atoms with Crippen LogP contribution >= 0.6 is 11.3 Å². The molecular weight excluding hydrogens is 236 g/mol. The Morgan fingerprint density at radius 1 is 1.65 bits per heavy atom. The van der Waals surface area contributed by atoms with Gasteiger partial charge in [-0.05, 0) is 6.42 Å². The van der Waals surface area contributed by atoms with E-state index < -0.39 is 0 Å². The van der Waals surface area contributed by atoms with E-state index in [0.29, 0.717) is 18.0 Å². The lowest BCUT2D eigenvalue weighted by Gasteiger charge is -1.98. The predicted molar refractivity (Wildman–Crippen MR) is 68.8 cm³/mol. The number of hydrogen-bond donors (Lipinski definition) is 2. The Kier molecular flexibility index (Phi) is 6.30. The third-order valence-corrected chi connectivity index (χ3v) is 2.79. The summed E-state index contributed by atoms with van der Waals surface area (Å²) in [5.74, 6) is 5.68. The van der Waals surface area contributed by atoms with Gasteiger partial charge < -0.3 is 10.4 Å². The van der Waals surface area contributed by atoms with Gasteiger partial charge in [-0.1, -0.05) is 36.5 Å². The Bertz CT molecular complexity index is 418. The monoisotopic (exact) mass is 252 g/mol. The SMILES string of the molecule is CCCCC(=O)Nc1ncc(C#CCCO)s1. The van der Waals surface area contributed by atoms with E-state index in [1.807, 2.05) is 6.92 Å². The number of anilines is 1. The zero-order valence-corrected chi connectivity index (χ0v) is 10.6. The molecule has 1 heterocycles. The van der Waals surface area contributed by atoms with E-state index in [-0.39, 0.29) is 12.5 Å². The topological polar surface area (TPSA) is 62.2 Å². The fourth-order valence-corrected chi connectivity index (χ4v) is 1.82. The molecule has 0 unspecified atom stereocenters. The van der Waals surface area contributed by atoms with Crippen LogP contribution in [-0.2, 0) is 4.79 Å². The molecule has 1 amide bonds. The highest BCUT2D eigenvalue weighted by molar-refractivity contribution is 7.16. The van der Waals surface area contributed by atoms with Gasteiger partial charge in [-0.2, -0.15) is 0 Å². The zero-order chi connectivity index (χ0) is 12.5. The summed E-state index contributed by atoms with van der Waals surface area (Å²) >= 11 is 1.35. The number of aliphatic hydroxyl groups excluding tert-OH is 1. The van der Waals surface area contributed by atoms with Crippen molar-refractivity contribution in [1.82, 2.24) is 4.98 Å². The average molecular weight is 252 g/mol. The van der Waals surface area contributed by atoms with Gasteiger partial charge in [0.15, 0.2) is 5.13 Å². The van der Waals surface area contributed by atoms with Gasteiger partial charge in [0, 0.05) is 12.8 Å². The van der Waals surface area contributed by atoms with Gasteiger partial charge in [0.1, 0.15) is 0 Å². The summed E-state index contributed by atoms with van der Waals surface area (Å²) in [5, 5.41) is 11.9. The predicted octanol–water partition coefficient (Wildman–Crippen LogP) is 2.01. The lowest BCUT2D eigenvalue weighted by molar-refractivity contribution is -0.116. The molecule has 0 saturated heterocycles. The molecule has 0 radical (unpaired) electrons. The molecule has 0 bridgehead atoms. The summed E-state index contributed by atoms with van der Waals surface area (Å²) in [6.07, 6.45) is 4.51. The number of nitrogens with one attached hydrogen (secondary N) is 1. The van der Waals surface area contributed by atoms with E-state index in [2.05, 4.69) is 22.1 Å². The number of aromatic nitrogens is 1. The molecule has 5 heteroatoms. The standard InChI is InChI=1S/C12H16N2O2S/c1-2-3-7-11(16)14-12-13-9-10(17-12)6-4-5-8-15/h9,15H,2-3,5,7-8H2,1H3,(H,13,14,16). The molecule has 92 valence electrons. The summed E-state index contributed by atoms with van der Waals surface area (Å²) in [6.45, 7) is 2.11. The van der Waals surface area contributed by atoms with Crippen molar-refractivity contribution in [2.45, 2.75) is 32.6 Å². The lowest BCUT2D eigenvalue weighted by Crippen LogP contribution is -2.10. The van der Waals surface area contributed by atoms with Crippen LogP contribution in [0.1, 0.15) is 37.5 Å². The second kappa shape index (κ2) is 7.82. The number of nitrogens with zero attached hydrogens (tertiary/aromatic N) is 1. The maximum Gasteiger partial charge on any atom is 0.226 e. The third-order valence-electron chi connectivity index (χ3n) is 1.96. The highest BCUT2D eigenvalue weighted by Gasteiger charge is 2.04. The quantitative estimate of drug-likeness (QED) is 0.788. The Hall–Kier alpha value is -1.38. The van der Waals surface area contributed by atoms with Crippen LogP contribution < -0.4 is 5.32 Å². The molecule has 2 N–H and O–H groups in total. The largest absolute Gasteiger partial charge is 0.395 e. The van der Waals surface area contributed by atoms with Crippen LogP contribution in [0.25, 0.3) is 0 Å². The first-order chi connectivity index (χ1) is 8.26. The van der Waals surface area contributed by atoms with Crippen LogP contribution in [0.2, 0.25) is 0 Å². The van der Waals surface area contributed by atoms with Crippen molar-refractivity contribution < 1.29 is 9.90 Å². The van der Waals surface area contributed by atoms with Crippen LogP contribution in [0.4, 0.5) is 5.13 Å². The maximum atomic E-state index is 11.4. The molecule has 1 aromatic rings. The first-order valence-corrected chi connectivity index (χ1v) is 6.43. The van der Waals surface area contributed by atoms with Crippen LogP contribution in [-0.4, -0.2) is 22.6 Å². The van der Waals surface area contributed by atoms with E-state index in [1.165, 1.54) is 11.3 Å². The molecule has 4 nitrogen and oxygen atoms in total. The van der Waals surface area contributed by atoms with Gasteiger partial charge in [0.2, 0.25) is 5.91 Å². The van der Waals surface area contributed by atoms with Crippen LogP contribution in [0.15, 0.2) is 6.20 Å². The Balaban J connectivity index is 2.46. The van der Waals surface area contributed by atoms with E-state index in [1.54, 1.807) is 6.20 Å². The zero-order valence-electron chi connectivity index (χ0n) is 9.82. The summed E-state index contributed by atoms with van der Waals surface area (Å²) in [6, 6.07) is 0. The van der Waals surface area contributed by atoms with Crippen molar-refractivity contribution in [3.05, 3.63) is 11.1 Å². The molecule has 0 atom stereocenters. The van der Waals surface area contributed by atoms with Crippen molar-refractivity contribution in [3.63, 3.8) is 0 Å². The number of carbonyl (C=O) groups is 1. The number of hydrogen-bond acceptors (Lipinski definition) is 4. The lowest BCUT2D eigenvalue weighted by atomic mass is 10.2. The van der Waals surface area contributed by atoms with Gasteiger partial charge in [0.05, 0.1) is 17.7 Å². The highest BCUT2D eigenvalue weighted by atomic mass is 32.1. The van der Waals surface area contributed by atoms with Crippen molar-refractivity contribution in [2.24, 2.45) is 0 Å². The minimum absolute atomic E-state index is 0.00364.